The number of hydrogen-bond donors (Lipinski definition) is 2. The van der Waals surface area contributed by atoms with E-state index in [9.17, 15) is 0 Å². The normalized spacial score (nSPS) is 16.0. The second-order valence-corrected chi connectivity index (χ2v) is 4.92. The van der Waals surface area contributed by atoms with Gasteiger partial charge in [0.15, 0.2) is 0 Å². The summed E-state index contributed by atoms with van der Waals surface area (Å²) >= 11 is 9.41. The zero-order chi connectivity index (χ0) is 11.0. The van der Waals surface area contributed by atoms with Crippen molar-refractivity contribution >= 4 is 44.6 Å². The molecule has 2 rings (SSSR count). The molecule has 0 spiro atoms. The van der Waals surface area contributed by atoms with E-state index < -0.39 is 0 Å². The lowest BCUT2D eigenvalue weighted by molar-refractivity contribution is 0.949. The molecule has 1 fully saturated rings. The van der Waals surface area contributed by atoms with Crippen molar-refractivity contribution in [2.45, 2.75) is 12.8 Å². The summed E-state index contributed by atoms with van der Waals surface area (Å²) in [6.07, 6.45) is 2.41. The largest absolute Gasteiger partial charge is 0.397 e. The van der Waals surface area contributed by atoms with Crippen LogP contribution in [0, 0.1) is 0 Å². The average molecular weight is 291 g/mol. The van der Waals surface area contributed by atoms with Crippen molar-refractivity contribution in [1.29, 1.82) is 0 Å². The highest BCUT2D eigenvalue weighted by molar-refractivity contribution is 9.10. The molecule has 1 heterocycles. The Morgan fingerprint density at radius 1 is 1.27 bits per heavy atom. The van der Waals surface area contributed by atoms with Gasteiger partial charge in [-0.15, -0.1) is 0 Å². The molecule has 1 aliphatic heterocycles. The molecule has 1 aromatic rings. The van der Waals surface area contributed by atoms with Crippen LogP contribution in [0.4, 0.5) is 17.1 Å². The van der Waals surface area contributed by atoms with Gasteiger partial charge in [-0.1, -0.05) is 11.6 Å². The van der Waals surface area contributed by atoms with Gasteiger partial charge in [0, 0.05) is 13.1 Å². The third-order valence-corrected chi connectivity index (χ3v) is 3.80. The van der Waals surface area contributed by atoms with E-state index >= 15 is 0 Å². The highest BCUT2D eigenvalue weighted by Gasteiger charge is 2.20. The van der Waals surface area contributed by atoms with Gasteiger partial charge in [0.05, 0.1) is 26.6 Å². The molecule has 0 aliphatic carbocycles. The Morgan fingerprint density at radius 3 is 2.47 bits per heavy atom. The Morgan fingerprint density at radius 2 is 1.87 bits per heavy atom. The fourth-order valence-corrected chi connectivity index (χ4v) is 2.92. The molecule has 0 atom stereocenters. The smallest absolute Gasteiger partial charge is 0.0766 e. The quantitative estimate of drug-likeness (QED) is 0.782. The van der Waals surface area contributed by atoms with Gasteiger partial charge in [0.2, 0.25) is 0 Å². The van der Waals surface area contributed by atoms with E-state index in [-0.39, 0.29) is 0 Å². The minimum absolute atomic E-state index is 0.502. The van der Waals surface area contributed by atoms with E-state index in [0.29, 0.717) is 16.4 Å². The summed E-state index contributed by atoms with van der Waals surface area (Å²) in [5.74, 6) is 0. The van der Waals surface area contributed by atoms with Crippen LogP contribution in [0.15, 0.2) is 10.5 Å². The number of benzene rings is 1. The molecule has 5 heteroatoms. The summed E-state index contributed by atoms with van der Waals surface area (Å²) in [4.78, 5) is 2.24. The SMILES string of the molecule is Nc1cc(Cl)c(N)c(Br)c1N1CCCC1. The first-order chi connectivity index (χ1) is 7.11. The molecule has 0 bridgehead atoms. The first-order valence-corrected chi connectivity index (χ1v) is 6.06. The molecule has 0 radical (unpaired) electrons. The number of rotatable bonds is 1. The van der Waals surface area contributed by atoms with Gasteiger partial charge in [0.1, 0.15) is 0 Å². The number of hydrogen-bond acceptors (Lipinski definition) is 3. The highest BCUT2D eigenvalue weighted by atomic mass is 79.9. The molecule has 15 heavy (non-hydrogen) atoms. The molecule has 0 amide bonds. The zero-order valence-electron chi connectivity index (χ0n) is 8.26. The lowest BCUT2D eigenvalue weighted by atomic mass is 10.2. The third-order valence-electron chi connectivity index (χ3n) is 2.68. The van der Waals surface area contributed by atoms with Gasteiger partial charge in [-0.25, -0.2) is 0 Å². The summed E-state index contributed by atoms with van der Waals surface area (Å²) in [7, 11) is 0. The Balaban J connectivity index is 2.50. The number of anilines is 3. The fraction of sp³-hybridized carbons (Fsp3) is 0.400. The van der Waals surface area contributed by atoms with Crippen molar-refractivity contribution in [2.75, 3.05) is 29.5 Å². The van der Waals surface area contributed by atoms with E-state index in [1.54, 1.807) is 6.07 Å². The van der Waals surface area contributed by atoms with E-state index in [2.05, 4.69) is 20.8 Å². The molecular weight excluding hydrogens is 277 g/mol. The van der Waals surface area contributed by atoms with Gasteiger partial charge in [-0.05, 0) is 34.8 Å². The number of nitrogen functional groups attached to an aromatic ring is 2. The molecule has 0 aromatic heterocycles. The third kappa shape index (κ3) is 1.88. The molecule has 3 nitrogen and oxygen atoms in total. The van der Waals surface area contributed by atoms with Crippen molar-refractivity contribution in [2.24, 2.45) is 0 Å². The minimum Gasteiger partial charge on any atom is -0.397 e. The molecule has 1 aromatic carbocycles. The minimum atomic E-state index is 0.502. The van der Waals surface area contributed by atoms with Gasteiger partial charge < -0.3 is 16.4 Å². The number of halogens is 2. The van der Waals surface area contributed by atoms with Crippen molar-refractivity contribution in [3.05, 3.63) is 15.6 Å². The van der Waals surface area contributed by atoms with Gasteiger partial charge in [0.25, 0.3) is 0 Å². The van der Waals surface area contributed by atoms with Gasteiger partial charge in [-0.3, -0.25) is 0 Å². The monoisotopic (exact) mass is 289 g/mol. The lowest BCUT2D eigenvalue weighted by Crippen LogP contribution is -2.20. The van der Waals surface area contributed by atoms with Gasteiger partial charge in [-0.2, -0.15) is 0 Å². The summed E-state index contributed by atoms with van der Waals surface area (Å²) in [5.41, 5.74) is 14.0. The molecule has 82 valence electrons. The molecular formula is C10H13BrClN3. The Bertz CT molecular complexity index is 389. The molecule has 0 unspecified atom stereocenters. The van der Waals surface area contributed by atoms with Crippen LogP contribution >= 0.6 is 27.5 Å². The molecule has 4 N–H and O–H groups in total. The summed E-state index contributed by atoms with van der Waals surface area (Å²) in [6, 6.07) is 1.72. The standard InChI is InChI=1S/C10H13BrClN3/c11-8-9(14)6(12)5-7(13)10(8)15-3-1-2-4-15/h5H,1-4,13-14H2. The molecule has 1 aliphatic rings. The van der Waals surface area contributed by atoms with Crippen LogP contribution in [0.3, 0.4) is 0 Å². The number of nitrogens with zero attached hydrogens (tertiary/aromatic N) is 1. The summed E-state index contributed by atoms with van der Waals surface area (Å²) in [6.45, 7) is 2.06. The Kier molecular flexibility index (Phi) is 2.98. The highest BCUT2D eigenvalue weighted by Crippen LogP contribution is 2.42. The molecule has 0 saturated carbocycles. The molecule has 1 saturated heterocycles. The maximum Gasteiger partial charge on any atom is 0.0766 e. The predicted molar refractivity (Wildman–Crippen MR) is 69.4 cm³/mol. The van der Waals surface area contributed by atoms with Crippen molar-refractivity contribution in [1.82, 2.24) is 0 Å². The topological polar surface area (TPSA) is 55.3 Å². The van der Waals surface area contributed by atoms with Crippen molar-refractivity contribution in [3.63, 3.8) is 0 Å². The van der Waals surface area contributed by atoms with E-state index in [1.165, 1.54) is 12.8 Å². The van der Waals surface area contributed by atoms with Crippen LogP contribution in [0.1, 0.15) is 12.8 Å². The second-order valence-electron chi connectivity index (χ2n) is 3.72. The first-order valence-electron chi connectivity index (χ1n) is 4.89. The van der Waals surface area contributed by atoms with Crippen molar-refractivity contribution < 1.29 is 0 Å². The fourth-order valence-electron chi connectivity index (χ4n) is 1.90. The van der Waals surface area contributed by atoms with E-state index in [1.807, 2.05) is 0 Å². The Hall–Kier alpha value is -0.610. The average Bonchev–Trinajstić information content (AvgIpc) is 2.68. The lowest BCUT2D eigenvalue weighted by Gasteiger charge is -2.22. The van der Waals surface area contributed by atoms with Crippen LogP contribution in [0.2, 0.25) is 5.02 Å². The first kappa shape index (κ1) is 10.9. The summed E-state index contributed by atoms with van der Waals surface area (Å²) < 4.78 is 0.814. The maximum atomic E-state index is 5.96. The van der Waals surface area contributed by atoms with Crippen LogP contribution in [0.25, 0.3) is 0 Å². The summed E-state index contributed by atoms with van der Waals surface area (Å²) in [5, 5.41) is 0.502. The maximum absolute atomic E-state index is 5.96. The van der Waals surface area contributed by atoms with E-state index in [0.717, 1.165) is 23.2 Å². The van der Waals surface area contributed by atoms with Crippen LogP contribution in [0.5, 0.6) is 0 Å². The number of nitrogens with two attached hydrogens (primary N) is 2. The van der Waals surface area contributed by atoms with E-state index in [4.69, 9.17) is 23.1 Å². The van der Waals surface area contributed by atoms with Gasteiger partial charge >= 0.3 is 0 Å². The second kappa shape index (κ2) is 4.10. The predicted octanol–water partition coefficient (Wildman–Crippen LogP) is 2.87. The van der Waals surface area contributed by atoms with Crippen molar-refractivity contribution in [3.8, 4) is 0 Å². The Labute approximate surface area is 102 Å². The van der Waals surface area contributed by atoms with Crippen LogP contribution in [-0.2, 0) is 0 Å². The zero-order valence-corrected chi connectivity index (χ0v) is 10.6. The van der Waals surface area contributed by atoms with Crippen LogP contribution in [-0.4, -0.2) is 13.1 Å². The van der Waals surface area contributed by atoms with Crippen LogP contribution < -0.4 is 16.4 Å².